The minimum absolute atomic E-state index is 0.105. The zero-order chi connectivity index (χ0) is 24.5. The molecule has 176 valence electrons. The maximum absolute atomic E-state index is 13.6. The van der Waals surface area contributed by atoms with E-state index in [9.17, 15) is 21.6 Å². The van der Waals surface area contributed by atoms with E-state index in [1.807, 2.05) is 0 Å². The van der Waals surface area contributed by atoms with E-state index < -0.39 is 38.1 Å². The highest BCUT2D eigenvalue weighted by atomic mass is 35.5. The van der Waals surface area contributed by atoms with Gasteiger partial charge >= 0.3 is 6.18 Å². The molecule has 0 saturated heterocycles. The normalized spacial score (nSPS) is 12.0. The lowest BCUT2D eigenvalue weighted by atomic mass is 10.1. The van der Waals surface area contributed by atoms with Crippen molar-refractivity contribution in [3.05, 3.63) is 94.0 Å². The number of hydrogen-bond donors (Lipinski definition) is 1. The molecule has 1 aromatic heterocycles. The van der Waals surface area contributed by atoms with Gasteiger partial charge in [-0.05, 0) is 35.9 Å². The van der Waals surface area contributed by atoms with Crippen LogP contribution < -0.4 is 5.32 Å². The summed E-state index contributed by atoms with van der Waals surface area (Å²) in [5.41, 5.74) is -0.646. The standard InChI is InChI=1S/C23H15Cl2F3N2O3S/c24-15-10-11-18(25)19(12-15)34(31,32)22-21(29-13-14-6-2-1-3-7-14)33-20(30-22)16-8-4-5-9-17(16)23(26,27)28/h1-12,29H,13H2. The molecular formula is C23H15Cl2F3N2O3S. The highest BCUT2D eigenvalue weighted by Crippen LogP contribution is 2.40. The van der Waals surface area contributed by atoms with E-state index in [0.717, 1.165) is 23.8 Å². The van der Waals surface area contributed by atoms with Crippen molar-refractivity contribution < 1.29 is 26.0 Å². The molecule has 0 amide bonds. The number of sulfone groups is 1. The van der Waals surface area contributed by atoms with Crippen LogP contribution in [0.4, 0.5) is 19.1 Å². The summed E-state index contributed by atoms with van der Waals surface area (Å²) in [7, 11) is -4.43. The lowest BCUT2D eigenvalue weighted by molar-refractivity contribution is -0.137. The van der Waals surface area contributed by atoms with Gasteiger partial charge in [0, 0.05) is 17.1 Å². The van der Waals surface area contributed by atoms with Crippen molar-refractivity contribution in [3.8, 4) is 11.5 Å². The Balaban J connectivity index is 1.87. The summed E-state index contributed by atoms with van der Waals surface area (Å²) in [4.78, 5) is 3.61. The van der Waals surface area contributed by atoms with Crippen LogP contribution >= 0.6 is 23.2 Å². The SMILES string of the molecule is O=S(=O)(c1cc(Cl)ccc1Cl)c1nc(-c2ccccc2C(F)(F)F)oc1NCc1ccccc1. The molecule has 0 saturated carbocycles. The fourth-order valence-electron chi connectivity index (χ4n) is 3.20. The first kappa shape index (κ1) is 24.1. The first-order valence-electron chi connectivity index (χ1n) is 9.73. The topological polar surface area (TPSA) is 72.2 Å². The van der Waals surface area contributed by atoms with Crippen LogP contribution in [0.25, 0.3) is 11.5 Å². The Labute approximate surface area is 203 Å². The molecule has 0 bridgehead atoms. The fourth-order valence-corrected chi connectivity index (χ4v) is 5.23. The van der Waals surface area contributed by atoms with Crippen molar-refractivity contribution in [3.63, 3.8) is 0 Å². The Kier molecular flexibility index (Phi) is 6.62. The number of anilines is 1. The molecule has 34 heavy (non-hydrogen) atoms. The Morgan fingerprint density at radius 1 is 0.941 bits per heavy atom. The molecule has 0 fully saturated rings. The van der Waals surface area contributed by atoms with E-state index in [4.69, 9.17) is 27.6 Å². The van der Waals surface area contributed by atoms with E-state index in [0.29, 0.717) is 0 Å². The molecule has 0 aliphatic carbocycles. The lowest BCUT2D eigenvalue weighted by Crippen LogP contribution is -2.08. The van der Waals surface area contributed by atoms with Crippen molar-refractivity contribution >= 4 is 38.9 Å². The van der Waals surface area contributed by atoms with Gasteiger partial charge < -0.3 is 9.73 Å². The lowest BCUT2D eigenvalue weighted by Gasteiger charge is -2.09. The minimum atomic E-state index is -4.71. The molecule has 0 aliphatic heterocycles. The number of nitrogens with one attached hydrogen (secondary N) is 1. The Hall–Kier alpha value is -3.01. The van der Waals surface area contributed by atoms with Crippen LogP contribution in [0.15, 0.2) is 87.1 Å². The summed E-state index contributed by atoms with van der Waals surface area (Å²) in [6.07, 6.45) is -4.71. The number of alkyl halides is 3. The summed E-state index contributed by atoms with van der Waals surface area (Å²) in [5.74, 6) is -0.841. The smallest absolute Gasteiger partial charge is 0.417 e. The molecule has 1 heterocycles. The number of hydrogen-bond acceptors (Lipinski definition) is 5. The highest BCUT2D eigenvalue weighted by Gasteiger charge is 2.36. The van der Waals surface area contributed by atoms with Gasteiger partial charge in [-0.3, -0.25) is 0 Å². The van der Waals surface area contributed by atoms with Gasteiger partial charge in [0.15, 0.2) is 0 Å². The van der Waals surface area contributed by atoms with Crippen molar-refractivity contribution in [2.75, 3.05) is 5.32 Å². The fraction of sp³-hybridized carbons (Fsp3) is 0.0870. The number of halogens is 5. The maximum Gasteiger partial charge on any atom is 0.417 e. The second-order valence-electron chi connectivity index (χ2n) is 7.11. The first-order valence-corrected chi connectivity index (χ1v) is 12.0. The average molecular weight is 527 g/mol. The van der Waals surface area contributed by atoms with E-state index >= 15 is 0 Å². The third-order valence-electron chi connectivity index (χ3n) is 4.79. The van der Waals surface area contributed by atoms with Gasteiger partial charge in [-0.1, -0.05) is 65.7 Å². The Morgan fingerprint density at radius 2 is 1.62 bits per heavy atom. The van der Waals surface area contributed by atoms with Gasteiger partial charge in [0.2, 0.25) is 26.6 Å². The zero-order valence-electron chi connectivity index (χ0n) is 17.1. The second-order valence-corrected chi connectivity index (χ2v) is 9.79. The predicted molar refractivity (Wildman–Crippen MR) is 123 cm³/mol. The second kappa shape index (κ2) is 9.32. The molecule has 5 nitrogen and oxygen atoms in total. The van der Waals surface area contributed by atoms with Gasteiger partial charge in [0.25, 0.3) is 0 Å². The van der Waals surface area contributed by atoms with Crippen LogP contribution in [0.1, 0.15) is 11.1 Å². The van der Waals surface area contributed by atoms with Gasteiger partial charge in [0.05, 0.1) is 15.5 Å². The van der Waals surface area contributed by atoms with Crippen molar-refractivity contribution in [1.82, 2.24) is 4.98 Å². The molecule has 0 spiro atoms. The summed E-state index contributed by atoms with van der Waals surface area (Å²) in [6.45, 7) is 0.127. The van der Waals surface area contributed by atoms with Crippen molar-refractivity contribution in [2.24, 2.45) is 0 Å². The van der Waals surface area contributed by atoms with Gasteiger partial charge in [-0.25, -0.2) is 8.42 Å². The van der Waals surface area contributed by atoms with Crippen LogP contribution in [-0.2, 0) is 22.6 Å². The van der Waals surface area contributed by atoms with Crippen molar-refractivity contribution in [1.29, 1.82) is 0 Å². The third kappa shape index (κ3) is 4.91. The Bertz CT molecular complexity index is 1440. The quantitative estimate of drug-likeness (QED) is 0.289. The molecular weight excluding hydrogens is 512 g/mol. The minimum Gasteiger partial charge on any atom is -0.419 e. The van der Waals surface area contributed by atoms with E-state index in [-0.39, 0.29) is 27.4 Å². The summed E-state index contributed by atoms with van der Waals surface area (Å²) < 4.78 is 73.1. The zero-order valence-corrected chi connectivity index (χ0v) is 19.4. The first-order chi connectivity index (χ1) is 16.1. The molecule has 11 heteroatoms. The maximum atomic E-state index is 13.6. The van der Waals surface area contributed by atoms with Crippen LogP contribution in [0.3, 0.4) is 0 Å². The molecule has 0 aliphatic rings. The van der Waals surface area contributed by atoms with Crippen LogP contribution in [0, 0.1) is 0 Å². The summed E-state index contributed by atoms with van der Waals surface area (Å²) in [6, 6.07) is 17.4. The Morgan fingerprint density at radius 3 is 2.32 bits per heavy atom. The molecule has 4 rings (SSSR count). The third-order valence-corrected chi connectivity index (χ3v) is 7.17. The van der Waals surface area contributed by atoms with E-state index in [1.54, 1.807) is 30.3 Å². The van der Waals surface area contributed by atoms with Gasteiger partial charge in [-0.2, -0.15) is 18.2 Å². The molecule has 1 N–H and O–H groups in total. The summed E-state index contributed by atoms with van der Waals surface area (Å²) >= 11 is 12.1. The number of benzene rings is 3. The number of oxazole rings is 1. The van der Waals surface area contributed by atoms with E-state index in [1.165, 1.54) is 24.3 Å². The number of nitrogens with zero attached hydrogens (tertiary/aromatic N) is 1. The van der Waals surface area contributed by atoms with E-state index in [2.05, 4.69) is 10.3 Å². The van der Waals surface area contributed by atoms with Gasteiger partial charge in [-0.15, -0.1) is 0 Å². The monoisotopic (exact) mass is 526 g/mol. The van der Waals surface area contributed by atoms with Crippen LogP contribution in [0.5, 0.6) is 0 Å². The molecule has 3 aromatic carbocycles. The molecule has 0 radical (unpaired) electrons. The largest absolute Gasteiger partial charge is 0.419 e. The average Bonchev–Trinajstić information content (AvgIpc) is 3.24. The number of rotatable bonds is 6. The predicted octanol–water partition coefficient (Wildman–Crippen LogP) is 7.11. The van der Waals surface area contributed by atoms with Gasteiger partial charge in [0.1, 0.15) is 0 Å². The molecule has 4 aromatic rings. The van der Waals surface area contributed by atoms with Crippen molar-refractivity contribution in [2.45, 2.75) is 22.6 Å². The summed E-state index contributed by atoms with van der Waals surface area (Å²) in [5, 5.41) is 2.19. The highest BCUT2D eigenvalue weighted by molar-refractivity contribution is 7.91. The van der Waals surface area contributed by atoms with Crippen LogP contribution in [0.2, 0.25) is 10.0 Å². The number of aromatic nitrogens is 1. The molecule has 0 atom stereocenters. The molecule has 0 unspecified atom stereocenters. The van der Waals surface area contributed by atoms with Crippen LogP contribution in [-0.4, -0.2) is 13.4 Å².